The largest absolute Gasteiger partial charge is 0.389 e. The summed E-state index contributed by atoms with van der Waals surface area (Å²) in [6.07, 6.45) is -1.94. The van der Waals surface area contributed by atoms with E-state index in [1.165, 1.54) is 0 Å². The lowest BCUT2D eigenvalue weighted by Crippen LogP contribution is -2.42. The van der Waals surface area contributed by atoms with Gasteiger partial charge < -0.3 is 10.2 Å². The third kappa shape index (κ3) is 2.69. The van der Waals surface area contributed by atoms with Crippen molar-refractivity contribution >= 4 is 19.9 Å². The van der Waals surface area contributed by atoms with Gasteiger partial charge in [-0.3, -0.25) is 0 Å². The Morgan fingerprint density at radius 2 is 1.44 bits per heavy atom. The number of hydrogen-bond donors (Lipinski definition) is 2. The topological polar surface area (TPSA) is 112 Å². The van der Waals surface area contributed by atoms with Gasteiger partial charge in [0.15, 0.2) is 0 Å². The van der Waals surface area contributed by atoms with Gasteiger partial charge >= 0.3 is 0 Å². The molecule has 0 spiro atoms. The van der Waals surface area contributed by atoms with Crippen LogP contribution in [0.2, 0.25) is 0 Å². The maximum atomic E-state index is 12.2. The van der Waals surface area contributed by atoms with E-state index in [4.69, 9.17) is 0 Å². The molecule has 0 saturated carbocycles. The minimum absolute atomic E-state index is 0.0906. The highest BCUT2D eigenvalue weighted by Crippen LogP contribution is 2.25. The second-order valence-corrected chi connectivity index (χ2v) is 9.36. The number of sulfonamides is 1. The molecule has 0 radical (unpaired) electrons. The van der Waals surface area contributed by atoms with Crippen LogP contribution in [-0.4, -0.2) is 73.4 Å². The van der Waals surface area contributed by atoms with Crippen molar-refractivity contribution < 1.29 is 27.0 Å². The molecule has 2 fully saturated rings. The van der Waals surface area contributed by atoms with Crippen LogP contribution in [0.25, 0.3) is 0 Å². The first kappa shape index (κ1) is 14.2. The summed E-state index contributed by atoms with van der Waals surface area (Å²) in [6.45, 7) is -0.237. The molecule has 2 saturated heterocycles. The van der Waals surface area contributed by atoms with Crippen LogP contribution in [0.4, 0.5) is 0 Å². The quantitative estimate of drug-likeness (QED) is 0.606. The van der Waals surface area contributed by atoms with Crippen molar-refractivity contribution in [1.82, 2.24) is 4.31 Å². The van der Waals surface area contributed by atoms with E-state index in [1.54, 1.807) is 0 Å². The highest BCUT2D eigenvalue weighted by Gasteiger charge is 2.42. The van der Waals surface area contributed by atoms with Gasteiger partial charge in [-0.05, 0) is 12.8 Å². The number of rotatable bonds is 2. The maximum Gasteiger partial charge on any atom is 0.217 e. The fraction of sp³-hybridized carbons (Fsp3) is 1.00. The molecule has 0 aromatic heterocycles. The lowest BCUT2D eigenvalue weighted by atomic mass is 10.2. The molecule has 2 N–H and O–H groups in total. The highest BCUT2D eigenvalue weighted by molar-refractivity contribution is 7.92. The smallest absolute Gasteiger partial charge is 0.217 e. The van der Waals surface area contributed by atoms with Crippen molar-refractivity contribution in [1.29, 1.82) is 0 Å². The third-order valence-electron chi connectivity index (χ3n) is 3.51. The van der Waals surface area contributed by atoms with Crippen LogP contribution in [0.5, 0.6) is 0 Å². The zero-order valence-corrected chi connectivity index (χ0v) is 11.4. The van der Waals surface area contributed by atoms with Gasteiger partial charge in [0.1, 0.15) is 9.84 Å². The van der Waals surface area contributed by atoms with Crippen LogP contribution in [-0.2, 0) is 19.9 Å². The molecule has 0 bridgehead atoms. The summed E-state index contributed by atoms with van der Waals surface area (Å²) in [5.74, 6) is -0.230. The highest BCUT2D eigenvalue weighted by atomic mass is 32.2. The lowest BCUT2D eigenvalue weighted by Gasteiger charge is -2.26. The molecule has 7 nitrogen and oxygen atoms in total. The van der Waals surface area contributed by atoms with Crippen molar-refractivity contribution in [3.05, 3.63) is 0 Å². The summed E-state index contributed by atoms with van der Waals surface area (Å²) in [5, 5.41) is 18.0. The molecular weight excluding hydrogens is 282 g/mol. The predicted molar refractivity (Wildman–Crippen MR) is 64.2 cm³/mol. The number of nitrogens with zero attached hydrogens (tertiary/aromatic N) is 1. The Labute approximate surface area is 106 Å². The molecule has 2 aliphatic rings. The van der Waals surface area contributed by atoms with E-state index < -0.39 is 37.3 Å². The van der Waals surface area contributed by atoms with E-state index in [-0.39, 0.29) is 37.4 Å². The summed E-state index contributed by atoms with van der Waals surface area (Å²) < 4.78 is 48.0. The fourth-order valence-electron chi connectivity index (χ4n) is 2.32. The summed E-state index contributed by atoms with van der Waals surface area (Å²) in [7, 11) is -6.73. The van der Waals surface area contributed by atoms with Crippen LogP contribution >= 0.6 is 0 Å². The van der Waals surface area contributed by atoms with Crippen LogP contribution in [0, 0.1) is 0 Å². The first-order valence-electron chi connectivity index (χ1n) is 5.78. The van der Waals surface area contributed by atoms with Crippen LogP contribution in [0.3, 0.4) is 0 Å². The molecule has 18 heavy (non-hydrogen) atoms. The SMILES string of the molecule is O=S1(=O)CCC(S(=O)(=O)N2C[C@@H](O)[C@@H](O)C2)CC1. The second kappa shape index (κ2) is 4.71. The predicted octanol–water partition coefficient (Wildman–Crippen LogP) is -2.07. The molecule has 9 heteroatoms. The fourth-order valence-corrected chi connectivity index (χ4v) is 6.08. The van der Waals surface area contributed by atoms with Gasteiger partial charge in [0.05, 0.1) is 29.0 Å². The van der Waals surface area contributed by atoms with Crippen molar-refractivity contribution in [2.24, 2.45) is 0 Å². The molecule has 2 heterocycles. The standard InChI is InChI=1S/C9H17NO6S2/c11-8-5-10(6-9(8)12)18(15,16)7-1-3-17(13,14)4-2-7/h7-9,11-12H,1-6H2/t8-,9+. The number of aliphatic hydroxyl groups is 2. The second-order valence-electron chi connectivity index (χ2n) is 4.85. The normalized spacial score (nSPS) is 34.8. The van der Waals surface area contributed by atoms with Gasteiger partial charge in [-0.25, -0.2) is 16.8 Å². The number of sulfone groups is 1. The summed E-state index contributed by atoms with van der Waals surface area (Å²) in [4.78, 5) is 0. The summed E-state index contributed by atoms with van der Waals surface area (Å²) in [6, 6.07) is 0. The van der Waals surface area contributed by atoms with E-state index in [0.29, 0.717) is 0 Å². The number of hydrogen-bond acceptors (Lipinski definition) is 6. The Morgan fingerprint density at radius 1 is 1.00 bits per heavy atom. The number of β-amino-alcohol motifs (C(OH)–C–C–N with tert-alkyl or cyclic N) is 2. The Bertz CT molecular complexity index is 489. The maximum absolute atomic E-state index is 12.2. The Hall–Kier alpha value is -0.220. The molecular formula is C9H17NO6S2. The van der Waals surface area contributed by atoms with E-state index in [2.05, 4.69) is 0 Å². The Morgan fingerprint density at radius 3 is 1.89 bits per heavy atom. The van der Waals surface area contributed by atoms with Gasteiger partial charge in [-0.2, -0.15) is 4.31 Å². The summed E-state index contributed by atoms with van der Waals surface area (Å²) >= 11 is 0. The van der Waals surface area contributed by atoms with Gasteiger partial charge in [0.25, 0.3) is 0 Å². The molecule has 0 aromatic rings. The molecule has 2 aliphatic heterocycles. The first-order valence-corrected chi connectivity index (χ1v) is 9.10. The third-order valence-corrected chi connectivity index (χ3v) is 7.56. The Kier molecular flexibility index (Phi) is 3.72. The minimum atomic E-state index is -3.63. The average Bonchev–Trinajstić information content (AvgIpc) is 2.59. The van der Waals surface area contributed by atoms with Crippen LogP contribution in [0.1, 0.15) is 12.8 Å². The van der Waals surface area contributed by atoms with Gasteiger partial charge in [0.2, 0.25) is 10.0 Å². The lowest BCUT2D eigenvalue weighted by molar-refractivity contribution is 0.0572. The monoisotopic (exact) mass is 299 g/mol. The molecule has 0 aromatic carbocycles. The van der Waals surface area contributed by atoms with Gasteiger partial charge in [-0.1, -0.05) is 0 Å². The van der Waals surface area contributed by atoms with E-state index >= 15 is 0 Å². The zero-order valence-electron chi connectivity index (χ0n) is 9.77. The zero-order chi connectivity index (χ0) is 13.6. The summed E-state index contributed by atoms with van der Waals surface area (Å²) in [5.41, 5.74) is 0. The molecule has 0 amide bonds. The van der Waals surface area contributed by atoms with E-state index in [9.17, 15) is 27.0 Å². The van der Waals surface area contributed by atoms with Crippen molar-refractivity contribution in [3.63, 3.8) is 0 Å². The Balaban J connectivity index is 2.09. The molecule has 2 rings (SSSR count). The average molecular weight is 299 g/mol. The van der Waals surface area contributed by atoms with Crippen molar-refractivity contribution in [2.45, 2.75) is 30.3 Å². The minimum Gasteiger partial charge on any atom is -0.389 e. The molecule has 2 atom stereocenters. The molecule has 106 valence electrons. The van der Waals surface area contributed by atoms with Crippen LogP contribution < -0.4 is 0 Å². The molecule has 0 aliphatic carbocycles. The molecule has 0 unspecified atom stereocenters. The van der Waals surface area contributed by atoms with Crippen LogP contribution in [0.15, 0.2) is 0 Å². The van der Waals surface area contributed by atoms with E-state index in [1.807, 2.05) is 0 Å². The van der Waals surface area contributed by atoms with Gasteiger partial charge in [0, 0.05) is 13.1 Å². The van der Waals surface area contributed by atoms with E-state index in [0.717, 1.165) is 4.31 Å². The van der Waals surface area contributed by atoms with Crippen molar-refractivity contribution in [2.75, 3.05) is 24.6 Å². The van der Waals surface area contributed by atoms with Gasteiger partial charge in [-0.15, -0.1) is 0 Å². The van der Waals surface area contributed by atoms with Crippen molar-refractivity contribution in [3.8, 4) is 0 Å². The number of aliphatic hydroxyl groups excluding tert-OH is 2. The first-order chi connectivity index (χ1) is 8.22.